The lowest BCUT2D eigenvalue weighted by molar-refractivity contribution is -0.152. The number of sulfonamides is 1. The second-order valence-corrected chi connectivity index (χ2v) is 12.7. The van der Waals surface area contributed by atoms with Crippen molar-refractivity contribution in [2.75, 3.05) is 0 Å². The third-order valence-corrected chi connectivity index (χ3v) is 8.45. The molecule has 1 atom stereocenters. The maximum absolute atomic E-state index is 14.6. The highest BCUT2D eigenvalue weighted by atomic mass is 35.5. The summed E-state index contributed by atoms with van der Waals surface area (Å²) in [4.78, 5) is 0. The van der Waals surface area contributed by atoms with Crippen molar-refractivity contribution in [3.8, 4) is 11.1 Å². The van der Waals surface area contributed by atoms with Gasteiger partial charge in [-0.15, -0.1) is 0 Å². The van der Waals surface area contributed by atoms with Crippen molar-refractivity contribution >= 4 is 32.5 Å². The largest absolute Gasteiger partial charge is 0.408 e. The van der Waals surface area contributed by atoms with E-state index < -0.39 is 33.3 Å². The van der Waals surface area contributed by atoms with E-state index in [1.54, 1.807) is 16.7 Å². The molecule has 190 valence electrons. The summed E-state index contributed by atoms with van der Waals surface area (Å²) in [6.07, 6.45) is -2.14. The van der Waals surface area contributed by atoms with Crippen LogP contribution in [0.15, 0.2) is 42.6 Å². The number of rotatable bonds is 6. The topological polar surface area (TPSA) is 51.1 Å². The zero-order chi connectivity index (χ0) is 25.8. The molecule has 0 spiro atoms. The van der Waals surface area contributed by atoms with E-state index in [2.05, 4.69) is 0 Å². The number of nitrogens with one attached hydrogen (secondary N) is 1. The molecule has 0 radical (unpaired) electrons. The molecule has 0 aliphatic heterocycles. The van der Waals surface area contributed by atoms with Crippen molar-refractivity contribution in [1.82, 2.24) is 9.29 Å². The summed E-state index contributed by atoms with van der Waals surface area (Å²) in [7, 11) is -4.16. The average molecular weight is 531 g/mol. The number of nitrogens with zero attached hydrogens (tertiary/aromatic N) is 1. The van der Waals surface area contributed by atoms with E-state index in [1.807, 2.05) is 25.5 Å². The van der Waals surface area contributed by atoms with Gasteiger partial charge in [-0.05, 0) is 42.0 Å². The zero-order valence-corrected chi connectivity index (χ0v) is 21.2. The highest BCUT2D eigenvalue weighted by molar-refractivity contribution is 7.90. The Hall–Kier alpha value is -2.10. The Morgan fingerprint density at radius 3 is 2.37 bits per heavy atom. The standard InChI is InChI=1S/C25H27ClF4N2O2S/c1-24(2,3)14-32-13-18(23(25(28,29)30)31-35(33,34)16-6-4-7-16)17-11-10-15(12-21(17)32)22-19(26)8-5-9-20(22)27/h5,8-13,16,23,31H,4,6-7,14H2,1-3H3/t23-/m0/s1. The van der Waals surface area contributed by atoms with Crippen LogP contribution in [0.2, 0.25) is 5.02 Å². The van der Waals surface area contributed by atoms with Gasteiger partial charge in [-0.2, -0.15) is 17.9 Å². The highest BCUT2D eigenvalue weighted by Crippen LogP contribution is 2.41. The third kappa shape index (κ3) is 5.37. The third-order valence-electron chi connectivity index (χ3n) is 6.22. The van der Waals surface area contributed by atoms with Crippen LogP contribution < -0.4 is 4.72 Å². The van der Waals surface area contributed by atoms with Crippen molar-refractivity contribution < 1.29 is 26.0 Å². The fourth-order valence-electron chi connectivity index (χ4n) is 4.37. The van der Waals surface area contributed by atoms with E-state index in [-0.39, 0.29) is 27.0 Å². The van der Waals surface area contributed by atoms with Crippen molar-refractivity contribution in [2.24, 2.45) is 5.41 Å². The smallest absolute Gasteiger partial charge is 0.347 e. The van der Waals surface area contributed by atoms with Crippen LogP contribution in [-0.4, -0.2) is 24.4 Å². The Bertz CT molecular complexity index is 1340. The second-order valence-electron chi connectivity index (χ2n) is 10.3. The molecule has 1 N–H and O–H groups in total. The van der Waals surface area contributed by atoms with E-state index in [4.69, 9.17) is 11.6 Å². The molecule has 0 unspecified atom stereocenters. The van der Waals surface area contributed by atoms with Crippen LogP contribution in [0, 0.1) is 11.2 Å². The van der Waals surface area contributed by atoms with E-state index in [0.717, 1.165) is 0 Å². The molecule has 1 heterocycles. The fourth-order valence-corrected chi connectivity index (χ4v) is 6.38. The van der Waals surface area contributed by atoms with Gasteiger partial charge >= 0.3 is 6.18 Å². The van der Waals surface area contributed by atoms with E-state index in [1.165, 1.54) is 30.5 Å². The van der Waals surface area contributed by atoms with Gasteiger partial charge in [0.15, 0.2) is 0 Å². The summed E-state index contributed by atoms with van der Waals surface area (Å²) in [6.45, 7) is 6.18. The van der Waals surface area contributed by atoms with Gasteiger partial charge in [0.05, 0.1) is 10.3 Å². The summed E-state index contributed by atoms with van der Waals surface area (Å²) in [6, 6.07) is 6.45. The lowest BCUT2D eigenvalue weighted by Crippen LogP contribution is -2.44. The Labute approximate surface area is 207 Å². The minimum Gasteiger partial charge on any atom is -0.347 e. The molecular formula is C25H27ClF4N2O2S. The first-order valence-corrected chi connectivity index (χ1v) is 13.2. The lowest BCUT2D eigenvalue weighted by atomic mass is 9.96. The molecular weight excluding hydrogens is 504 g/mol. The highest BCUT2D eigenvalue weighted by Gasteiger charge is 2.46. The molecule has 1 aliphatic rings. The van der Waals surface area contributed by atoms with E-state index in [0.29, 0.717) is 36.9 Å². The van der Waals surface area contributed by atoms with Gasteiger partial charge in [0.2, 0.25) is 10.0 Å². The first-order chi connectivity index (χ1) is 16.2. The minimum absolute atomic E-state index is 0.152. The van der Waals surface area contributed by atoms with Crippen molar-refractivity contribution in [3.05, 3.63) is 59.0 Å². The number of alkyl halides is 3. The monoisotopic (exact) mass is 530 g/mol. The summed E-state index contributed by atoms with van der Waals surface area (Å²) >= 11 is 6.23. The molecule has 3 aromatic rings. The summed E-state index contributed by atoms with van der Waals surface area (Å²) in [5.41, 5.74) is 0.515. The van der Waals surface area contributed by atoms with E-state index in [9.17, 15) is 26.0 Å². The van der Waals surface area contributed by atoms with Crippen LogP contribution >= 0.6 is 11.6 Å². The second kappa shape index (κ2) is 9.09. The molecule has 0 bridgehead atoms. The summed E-state index contributed by atoms with van der Waals surface area (Å²) in [5.74, 6) is -0.549. The molecule has 1 aromatic heterocycles. The maximum atomic E-state index is 14.6. The molecule has 4 rings (SSSR count). The number of benzene rings is 2. The van der Waals surface area contributed by atoms with Gasteiger partial charge in [-0.3, -0.25) is 0 Å². The predicted molar refractivity (Wildman–Crippen MR) is 130 cm³/mol. The SMILES string of the molecule is CC(C)(C)Cn1cc([C@H](NS(=O)(=O)C2CCC2)C(F)(F)F)c2ccc(-c3c(F)cccc3Cl)cc21. The van der Waals surface area contributed by atoms with Crippen LogP contribution in [0.4, 0.5) is 17.6 Å². The van der Waals surface area contributed by atoms with Gasteiger partial charge in [-0.25, -0.2) is 12.8 Å². The fraction of sp³-hybridized carbons (Fsp3) is 0.440. The maximum Gasteiger partial charge on any atom is 0.408 e. The number of hydrogen-bond donors (Lipinski definition) is 1. The lowest BCUT2D eigenvalue weighted by Gasteiger charge is -2.29. The summed E-state index contributed by atoms with van der Waals surface area (Å²) in [5, 5.41) is -0.394. The average Bonchev–Trinajstić information content (AvgIpc) is 2.99. The minimum atomic E-state index is -4.86. The number of hydrogen-bond acceptors (Lipinski definition) is 2. The molecule has 1 saturated carbocycles. The quantitative estimate of drug-likeness (QED) is 0.342. The molecule has 35 heavy (non-hydrogen) atoms. The molecule has 10 heteroatoms. The van der Waals surface area contributed by atoms with Gasteiger partial charge in [0.1, 0.15) is 11.9 Å². The molecule has 1 fully saturated rings. The normalized spacial score (nSPS) is 16.5. The number of halogens is 5. The molecule has 0 amide bonds. The van der Waals surface area contributed by atoms with Crippen molar-refractivity contribution in [2.45, 2.75) is 64.0 Å². The first-order valence-electron chi connectivity index (χ1n) is 11.3. The van der Waals surface area contributed by atoms with Gasteiger partial charge < -0.3 is 4.57 Å². The Kier molecular flexibility index (Phi) is 6.74. The first kappa shape index (κ1) is 26.0. The van der Waals surface area contributed by atoms with Gasteiger partial charge in [0, 0.05) is 34.8 Å². The van der Waals surface area contributed by atoms with Crippen LogP contribution in [0.1, 0.15) is 51.6 Å². The Morgan fingerprint density at radius 2 is 1.83 bits per heavy atom. The van der Waals surface area contributed by atoms with Crippen molar-refractivity contribution in [1.29, 1.82) is 0 Å². The van der Waals surface area contributed by atoms with E-state index >= 15 is 0 Å². The molecule has 2 aromatic carbocycles. The Balaban J connectivity index is 1.90. The zero-order valence-electron chi connectivity index (χ0n) is 19.6. The molecule has 1 aliphatic carbocycles. The molecule has 4 nitrogen and oxygen atoms in total. The van der Waals surface area contributed by atoms with Crippen LogP contribution in [0.5, 0.6) is 0 Å². The van der Waals surface area contributed by atoms with Crippen LogP contribution in [-0.2, 0) is 16.6 Å². The van der Waals surface area contributed by atoms with Crippen molar-refractivity contribution in [3.63, 3.8) is 0 Å². The molecule has 0 saturated heterocycles. The van der Waals surface area contributed by atoms with Gasteiger partial charge in [0.25, 0.3) is 0 Å². The Morgan fingerprint density at radius 1 is 1.14 bits per heavy atom. The van der Waals surface area contributed by atoms with Crippen LogP contribution in [0.25, 0.3) is 22.0 Å². The number of aromatic nitrogens is 1. The number of fused-ring (bicyclic) bond motifs is 1. The van der Waals surface area contributed by atoms with Gasteiger partial charge in [-0.1, -0.05) is 57.0 Å². The van der Waals surface area contributed by atoms with Crippen LogP contribution in [0.3, 0.4) is 0 Å². The summed E-state index contributed by atoms with van der Waals surface area (Å²) < 4.78 is 86.2. The predicted octanol–water partition coefficient (Wildman–Crippen LogP) is 7.22.